The summed E-state index contributed by atoms with van der Waals surface area (Å²) in [7, 11) is 0. The number of rotatable bonds is 12. The van der Waals surface area contributed by atoms with Crippen LogP contribution in [-0.4, -0.2) is 58.6 Å². The van der Waals surface area contributed by atoms with Crippen LogP contribution in [0.5, 0.6) is 0 Å². The lowest BCUT2D eigenvalue weighted by Crippen LogP contribution is -2.52. The first kappa shape index (κ1) is 25.1. The van der Waals surface area contributed by atoms with Gasteiger partial charge in [-0.1, -0.05) is 0 Å². The minimum atomic E-state index is -1.56. The smallest absolute Gasteiger partial charge is 0.326 e. The minimum Gasteiger partial charge on any atom is -0.480 e. The number of nitrogens with two attached hydrogens (primary N) is 1. The summed E-state index contributed by atoms with van der Waals surface area (Å²) in [5.41, 5.74) is 5.43. The van der Waals surface area contributed by atoms with Crippen LogP contribution in [0.25, 0.3) is 0 Å². The maximum atomic E-state index is 12.0. The topological polar surface area (TPSA) is 188 Å². The highest BCUT2D eigenvalue weighted by atomic mass is 127. The molecule has 1 aromatic rings. The number of carboxylic acid groups (broad SMARTS) is 2. The Bertz CT molecular complexity index is 785. The van der Waals surface area contributed by atoms with Crippen LogP contribution in [-0.2, 0) is 14.4 Å². The van der Waals surface area contributed by atoms with Crippen molar-refractivity contribution < 1.29 is 34.2 Å². The molecule has 2 atom stereocenters. The molecule has 0 aliphatic rings. The van der Waals surface area contributed by atoms with Gasteiger partial charge in [0.05, 0.1) is 6.42 Å². The second kappa shape index (κ2) is 12.6. The summed E-state index contributed by atoms with van der Waals surface area (Å²) < 4.78 is 1.00. The largest absolute Gasteiger partial charge is 0.480 e. The molecule has 0 unspecified atom stereocenters. The molecule has 1 rings (SSSR count). The van der Waals surface area contributed by atoms with Gasteiger partial charge in [0.1, 0.15) is 12.1 Å². The zero-order valence-corrected chi connectivity index (χ0v) is 18.0. The summed E-state index contributed by atoms with van der Waals surface area (Å²) in [5.74, 6) is -3.94. The Balaban J connectivity index is 2.41. The van der Waals surface area contributed by atoms with Crippen molar-refractivity contribution in [1.82, 2.24) is 16.0 Å². The number of aliphatic carboxylic acids is 2. The van der Waals surface area contributed by atoms with Gasteiger partial charge in [-0.3, -0.25) is 9.59 Å². The van der Waals surface area contributed by atoms with Crippen molar-refractivity contribution >= 4 is 52.4 Å². The number of urea groups is 1. The Hall–Kier alpha value is -2.90. The van der Waals surface area contributed by atoms with E-state index in [1.165, 1.54) is 0 Å². The van der Waals surface area contributed by atoms with Crippen LogP contribution in [0.15, 0.2) is 24.3 Å². The van der Waals surface area contributed by atoms with E-state index in [-0.39, 0.29) is 12.3 Å². The van der Waals surface area contributed by atoms with Crippen molar-refractivity contribution in [2.45, 2.75) is 37.8 Å². The number of carboxylic acids is 2. The maximum Gasteiger partial charge on any atom is 0.326 e. The lowest BCUT2D eigenvalue weighted by molar-refractivity contribution is -0.140. The lowest BCUT2D eigenvalue weighted by Gasteiger charge is -2.18. The Labute approximate surface area is 185 Å². The van der Waals surface area contributed by atoms with Gasteiger partial charge in [-0.15, -0.1) is 0 Å². The predicted octanol–water partition coefficient (Wildman–Crippen LogP) is 0.272. The Morgan fingerprint density at radius 3 is 2.03 bits per heavy atom. The SMILES string of the molecule is NC(=O)C[C@H](NC(=O)N[C@@H](CCCCNC(=O)c1ccc(I)cc1)C(=O)O)C(=O)O. The first-order valence-electron chi connectivity index (χ1n) is 8.95. The number of halogens is 1. The Morgan fingerprint density at radius 2 is 1.50 bits per heavy atom. The van der Waals surface area contributed by atoms with Gasteiger partial charge in [-0.2, -0.15) is 0 Å². The van der Waals surface area contributed by atoms with E-state index < -0.39 is 42.4 Å². The number of primary amides is 1. The van der Waals surface area contributed by atoms with Gasteiger partial charge < -0.3 is 31.9 Å². The van der Waals surface area contributed by atoms with E-state index in [0.717, 1.165) is 3.57 Å². The van der Waals surface area contributed by atoms with Gasteiger partial charge in [0, 0.05) is 15.7 Å². The molecule has 0 saturated heterocycles. The second-order valence-corrected chi connectivity index (χ2v) is 7.57. The molecular weight excluding hydrogens is 511 g/mol. The van der Waals surface area contributed by atoms with Crippen LogP contribution < -0.4 is 21.7 Å². The van der Waals surface area contributed by atoms with Crippen LogP contribution in [0.4, 0.5) is 4.79 Å². The van der Waals surface area contributed by atoms with Crippen molar-refractivity contribution in [3.8, 4) is 0 Å². The Kier molecular flexibility index (Phi) is 10.6. The number of carbonyl (C=O) groups is 5. The van der Waals surface area contributed by atoms with Crippen molar-refractivity contribution in [2.24, 2.45) is 5.73 Å². The monoisotopic (exact) mass is 534 g/mol. The summed E-state index contributed by atoms with van der Waals surface area (Å²) in [6, 6.07) is 3.14. The number of carbonyl (C=O) groups excluding carboxylic acids is 3. The predicted molar refractivity (Wildman–Crippen MR) is 114 cm³/mol. The average molecular weight is 534 g/mol. The zero-order chi connectivity index (χ0) is 22.7. The number of nitrogens with one attached hydrogen (secondary N) is 3. The highest BCUT2D eigenvalue weighted by Gasteiger charge is 2.25. The summed E-state index contributed by atoms with van der Waals surface area (Å²) in [6.45, 7) is 0.322. The molecule has 0 bridgehead atoms. The fourth-order valence-corrected chi connectivity index (χ4v) is 2.76. The van der Waals surface area contributed by atoms with Crippen LogP contribution in [0, 0.1) is 3.57 Å². The summed E-state index contributed by atoms with van der Waals surface area (Å²) >= 11 is 2.13. The van der Waals surface area contributed by atoms with Crippen LogP contribution in [0.3, 0.4) is 0 Å². The normalized spacial score (nSPS) is 12.3. The van der Waals surface area contributed by atoms with E-state index >= 15 is 0 Å². The molecule has 0 spiro atoms. The molecule has 0 saturated carbocycles. The third kappa shape index (κ3) is 9.54. The molecule has 4 amide bonds. The molecule has 0 radical (unpaired) electrons. The van der Waals surface area contributed by atoms with Crippen molar-refractivity contribution in [1.29, 1.82) is 0 Å². The van der Waals surface area contributed by atoms with Gasteiger partial charge in [-0.25, -0.2) is 14.4 Å². The maximum absolute atomic E-state index is 12.0. The summed E-state index contributed by atoms with van der Waals surface area (Å²) in [5, 5.41) is 25.1. The molecule has 0 aliphatic heterocycles. The quantitative estimate of drug-likeness (QED) is 0.164. The van der Waals surface area contributed by atoms with Gasteiger partial charge in [0.2, 0.25) is 5.91 Å². The van der Waals surface area contributed by atoms with E-state index in [2.05, 4.69) is 33.2 Å². The van der Waals surface area contributed by atoms with E-state index in [1.54, 1.807) is 12.1 Å². The fraction of sp³-hybridized carbons (Fsp3) is 0.389. The third-order valence-corrected chi connectivity index (χ3v) is 4.64. The molecular formula is C18H23IN4O7. The second-order valence-electron chi connectivity index (χ2n) is 6.33. The van der Waals surface area contributed by atoms with Crippen LogP contribution in [0.1, 0.15) is 36.0 Å². The van der Waals surface area contributed by atoms with Crippen molar-refractivity contribution in [2.75, 3.05) is 6.54 Å². The molecule has 0 aliphatic carbocycles. The van der Waals surface area contributed by atoms with Crippen LogP contribution >= 0.6 is 22.6 Å². The number of unbranched alkanes of at least 4 members (excludes halogenated alkanes) is 1. The molecule has 0 heterocycles. The minimum absolute atomic E-state index is 0.0652. The molecule has 0 aromatic heterocycles. The summed E-state index contributed by atoms with van der Waals surface area (Å²) in [4.78, 5) is 57.0. The van der Waals surface area contributed by atoms with Crippen molar-refractivity contribution in [3.05, 3.63) is 33.4 Å². The third-order valence-electron chi connectivity index (χ3n) is 3.92. The van der Waals surface area contributed by atoms with E-state index in [9.17, 15) is 29.1 Å². The number of hydrogen-bond donors (Lipinski definition) is 6. The van der Waals surface area contributed by atoms with E-state index in [4.69, 9.17) is 10.8 Å². The number of amides is 4. The number of benzene rings is 1. The lowest BCUT2D eigenvalue weighted by atomic mass is 10.1. The number of hydrogen-bond acceptors (Lipinski definition) is 5. The van der Waals surface area contributed by atoms with Gasteiger partial charge >= 0.3 is 18.0 Å². The van der Waals surface area contributed by atoms with Crippen molar-refractivity contribution in [3.63, 3.8) is 0 Å². The van der Waals surface area contributed by atoms with E-state index in [0.29, 0.717) is 24.9 Å². The molecule has 1 aromatic carbocycles. The van der Waals surface area contributed by atoms with Crippen LogP contribution in [0.2, 0.25) is 0 Å². The zero-order valence-electron chi connectivity index (χ0n) is 15.9. The summed E-state index contributed by atoms with van der Waals surface area (Å²) in [6.07, 6.45) is 0.299. The van der Waals surface area contributed by atoms with Gasteiger partial charge in [-0.05, 0) is 66.1 Å². The molecule has 11 nitrogen and oxygen atoms in total. The average Bonchev–Trinajstić information content (AvgIpc) is 2.66. The molecule has 0 fully saturated rings. The molecule has 164 valence electrons. The van der Waals surface area contributed by atoms with Gasteiger partial charge in [0.15, 0.2) is 0 Å². The van der Waals surface area contributed by atoms with E-state index in [1.807, 2.05) is 17.4 Å². The Morgan fingerprint density at radius 1 is 0.933 bits per heavy atom. The molecule has 7 N–H and O–H groups in total. The molecule has 12 heteroatoms. The first-order chi connectivity index (χ1) is 14.1. The fourth-order valence-electron chi connectivity index (χ4n) is 2.40. The molecule has 30 heavy (non-hydrogen) atoms. The van der Waals surface area contributed by atoms with Gasteiger partial charge in [0.25, 0.3) is 5.91 Å². The first-order valence-corrected chi connectivity index (χ1v) is 10.0. The standard InChI is InChI=1S/C18H23IN4O7/c19-11-6-4-10(5-7-11)15(25)21-8-2-1-3-12(16(26)27)22-18(30)23-13(17(28)29)9-14(20)24/h4-7,12-13H,1-3,8-9H2,(H2,20,24)(H,21,25)(H,26,27)(H,28,29)(H2,22,23,30)/t12-,13-/m0/s1. The highest BCUT2D eigenvalue weighted by molar-refractivity contribution is 14.1. The highest BCUT2D eigenvalue weighted by Crippen LogP contribution is 2.07.